The van der Waals surface area contributed by atoms with Crippen molar-refractivity contribution in [1.82, 2.24) is 25.1 Å². The molecule has 7 nitrogen and oxygen atoms in total. The molecule has 2 rings (SSSR count). The van der Waals surface area contributed by atoms with Gasteiger partial charge in [-0.05, 0) is 19.1 Å². The van der Waals surface area contributed by atoms with Crippen molar-refractivity contribution in [2.45, 2.75) is 20.0 Å². The van der Waals surface area contributed by atoms with E-state index in [1.54, 1.807) is 25.5 Å². The third-order valence-electron chi connectivity index (χ3n) is 2.73. The zero-order valence-corrected chi connectivity index (χ0v) is 10.9. The molecule has 100 valence electrons. The summed E-state index contributed by atoms with van der Waals surface area (Å²) in [5.74, 6) is 1.28. The van der Waals surface area contributed by atoms with E-state index < -0.39 is 0 Å². The SMILES string of the molecule is CCn1cnnc1CNC(=O)c1ccc(NC)nc1. The van der Waals surface area contributed by atoms with E-state index in [-0.39, 0.29) is 5.91 Å². The van der Waals surface area contributed by atoms with Gasteiger partial charge >= 0.3 is 0 Å². The summed E-state index contributed by atoms with van der Waals surface area (Å²) in [7, 11) is 1.78. The molecule has 0 aliphatic heterocycles. The van der Waals surface area contributed by atoms with E-state index in [2.05, 4.69) is 25.8 Å². The van der Waals surface area contributed by atoms with E-state index in [0.717, 1.165) is 18.2 Å². The van der Waals surface area contributed by atoms with Crippen LogP contribution in [-0.2, 0) is 13.1 Å². The van der Waals surface area contributed by atoms with Crippen LogP contribution in [0.1, 0.15) is 23.1 Å². The summed E-state index contributed by atoms with van der Waals surface area (Å²) >= 11 is 0. The number of hydrogen-bond acceptors (Lipinski definition) is 5. The Balaban J connectivity index is 1.97. The maximum absolute atomic E-state index is 11.9. The second-order valence-electron chi connectivity index (χ2n) is 3.90. The molecule has 2 N–H and O–H groups in total. The summed E-state index contributed by atoms with van der Waals surface area (Å²) in [6, 6.07) is 3.47. The van der Waals surface area contributed by atoms with Crippen molar-refractivity contribution in [1.29, 1.82) is 0 Å². The number of aromatic nitrogens is 4. The molecule has 0 aromatic carbocycles. The van der Waals surface area contributed by atoms with Crippen LogP contribution in [0, 0.1) is 0 Å². The minimum absolute atomic E-state index is 0.180. The molecule has 0 unspecified atom stereocenters. The molecule has 0 radical (unpaired) electrons. The zero-order chi connectivity index (χ0) is 13.7. The second kappa shape index (κ2) is 5.94. The lowest BCUT2D eigenvalue weighted by Gasteiger charge is -2.06. The molecule has 7 heteroatoms. The van der Waals surface area contributed by atoms with Crippen LogP contribution in [0.5, 0.6) is 0 Å². The fourth-order valence-electron chi connectivity index (χ4n) is 1.62. The molecule has 0 aliphatic carbocycles. The van der Waals surface area contributed by atoms with Crippen molar-refractivity contribution in [3.63, 3.8) is 0 Å². The van der Waals surface area contributed by atoms with Crippen LogP contribution in [-0.4, -0.2) is 32.7 Å². The highest BCUT2D eigenvalue weighted by atomic mass is 16.1. The molecule has 0 spiro atoms. The maximum Gasteiger partial charge on any atom is 0.253 e. The predicted molar refractivity (Wildman–Crippen MR) is 70.6 cm³/mol. The molecule has 1 amide bonds. The van der Waals surface area contributed by atoms with Gasteiger partial charge in [0.2, 0.25) is 0 Å². The van der Waals surface area contributed by atoms with Crippen molar-refractivity contribution in [3.05, 3.63) is 36.0 Å². The smallest absolute Gasteiger partial charge is 0.253 e. The van der Waals surface area contributed by atoms with Crippen molar-refractivity contribution in [3.8, 4) is 0 Å². The monoisotopic (exact) mass is 260 g/mol. The van der Waals surface area contributed by atoms with Crippen molar-refractivity contribution < 1.29 is 4.79 Å². The molecule has 0 aliphatic rings. The van der Waals surface area contributed by atoms with E-state index in [1.807, 2.05) is 11.5 Å². The van der Waals surface area contributed by atoms with Gasteiger partial charge in [0, 0.05) is 19.8 Å². The Morgan fingerprint density at radius 3 is 2.89 bits per heavy atom. The highest BCUT2D eigenvalue weighted by Gasteiger charge is 2.08. The molecule has 0 saturated heterocycles. The van der Waals surface area contributed by atoms with E-state index in [1.165, 1.54) is 6.20 Å². The minimum Gasteiger partial charge on any atom is -0.373 e. The van der Waals surface area contributed by atoms with Crippen LogP contribution in [0.3, 0.4) is 0 Å². The number of anilines is 1. The first kappa shape index (κ1) is 13.0. The molecule has 0 bridgehead atoms. The summed E-state index contributed by atoms with van der Waals surface area (Å²) in [6.45, 7) is 3.12. The molecule has 2 aromatic heterocycles. The van der Waals surface area contributed by atoms with Gasteiger partial charge in [0.25, 0.3) is 5.91 Å². The van der Waals surface area contributed by atoms with Gasteiger partial charge in [-0.3, -0.25) is 4.79 Å². The van der Waals surface area contributed by atoms with E-state index in [9.17, 15) is 4.79 Å². The summed E-state index contributed by atoms with van der Waals surface area (Å²) in [4.78, 5) is 16.0. The molecular weight excluding hydrogens is 244 g/mol. The maximum atomic E-state index is 11.9. The fourth-order valence-corrected chi connectivity index (χ4v) is 1.62. The molecule has 0 fully saturated rings. The summed E-state index contributed by atoms with van der Waals surface area (Å²) < 4.78 is 1.88. The Hall–Kier alpha value is -2.44. The Bertz CT molecular complexity index is 548. The van der Waals surface area contributed by atoms with Crippen LogP contribution < -0.4 is 10.6 Å². The number of aryl methyl sites for hydroxylation is 1. The van der Waals surface area contributed by atoms with Crippen molar-refractivity contribution >= 4 is 11.7 Å². The van der Waals surface area contributed by atoms with Crippen molar-refractivity contribution in [2.24, 2.45) is 0 Å². The van der Waals surface area contributed by atoms with E-state index >= 15 is 0 Å². The molecule has 0 saturated carbocycles. The van der Waals surface area contributed by atoms with Gasteiger partial charge in [0.15, 0.2) is 5.82 Å². The van der Waals surface area contributed by atoms with Gasteiger partial charge in [-0.25, -0.2) is 4.98 Å². The molecule has 0 atom stereocenters. The highest BCUT2D eigenvalue weighted by Crippen LogP contribution is 2.04. The van der Waals surface area contributed by atoms with Gasteiger partial charge in [0.05, 0.1) is 12.1 Å². The Kier molecular flexibility index (Phi) is 4.07. The van der Waals surface area contributed by atoms with Crippen LogP contribution in [0.4, 0.5) is 5.82 Å². The van der Waals surface area contributed by atoms with Gasteiger partial charge in [-0.15, -0.1) is 10.2 Å². The number of nitrogens with zero attached hydrogens (tertiary/aromatic N) is 4. The van der Waals surface area contributed by atoms with Crippen LogP contribution in [0.15, 0.2) is 24.7 Å². The lowest BCUT2D eigenvalue weighted by Crippen LogP contribution is -2.24. The largest absolute Gasteiger partial charge is 0.373 e. The number of carbonyl (C=O) groups excluding carboxylic acids is 1. The van der Waals surface area contributed by atoms with Gasteiger partial charge in [-0.2, -0.15) is 0 Å². The average Bonchev–Trinajstić information content (AvgIpc) is 2.92. The number of rotatable bonds is 5. The normalized spacial score (nSPS) is 10.2. The van der Waals surface area contributed by atoms with Crippen LogP contribution >= 0.6 is 0 Å². The number of hydrogen-bond donors (Lipinski definition) is 2. The lowest BCUT2D eigenvalue weighted by molar-refractivity contribution is 0.0949. The van der Waals surface area contributed by atoms with E-state index in [4.69, 9.17) is 0 Å². The number of carbonyl (C=O) groups is 1. The van der Waals surface area contributed by atoms with Gasteiger partial charge in [-0.1, -0.05) is 0 Å². The average molecular weight is 260 g/mol. The topological polar surface area (TPSA) is 84.7 Å². The number of pyridine rings is 1. The first-order chi connectivity index (χ1) is 9.24. The van der Waals surface area contributed by atoms with Crippen LogP contribution in [0.2, 0.25) is 0 Å². The second-order valence-corrected chi connectivity index (χ2v) is 3.90. The summed E-state index contributed by atoms with van der Waals surface area (Å²) in [5.41, 5.74) is 0.515. The number of amides is 1. The first-order valence-corrected chi connectivity index (χ1v) is 6.03. The quantitative estimate of drug-likeness (QED) is 0.825. The molecule has 19 heavy (non-hydrogen) atoms. The van der Waals surface area contributed by atoms with Crippen LogP contribution in [0.25, 0.3) is 0 Å². The molecule has 2 aromatic rings. The fraction of sp³-hybridized carbons (Fsp3) is 0.333. The van der Waals surface area contributed by atoms with Gasteiger partial charge < -0.3 is 15.2 Å². The lowest BCUT2D eigenvalue weighted by atomic mass is 10.2. The third kappa shape index (κ3) is 3.06. The third-order valence-corrected chi connectivity index (χ3v) is 2.73. The number of nitrogens with one attached hydrogen (secondary N) is 2. The van der Waals surface area contributed by atoms with E-state index in [0.29, 0.717) is 12.1 Å². The Morgan fingerprint density at radius 1 is 1.42 bits per heavy atom. The van der Waals surface area contributed by atoms with Crippen molar-refractivity contribution in [2.75, 3.05) is 12.4 Å². The highest BCUT2D eigenvalue weighted by molar-refractivity contribution is 5.93. The molecule has 2 heterocycles. The minimum atomic E-state index is -0.180. The van der Waals surface area contributed by atoms with Gasteiger partial charge in [0.1, 0.15) is 12.1 Å². The standard InChI is InChI=1S/C12H16N6O/c1-3-18-8-16-17-11(18)7-15-12(19)9-4-5-10(13-2)14-6-9/h4-6,8H,3,7H2,1-2H3,(H,13,14)(H,15,19). The zero-order valence-electron chi connectivity index (χ0n) is 10.9. The Labute approximate surface area is 111 Å². The molecular formula is C12H16N6O. The summed E-state index contributed by atoms with van der Waals surface area (Å²) in [6.07, 6.45) is 3.18. The summed E-state index contributed by atoms with van der Waals surface area (Å²) in [5, 5.41) is 13.4. The first-order valence-electron chi connectivity index (χ1n) is 6.03. The Morgan fingerprint density at radius 2 is 2.26 bits per heavy atom. The predicted octanol–water partition coefficient (Wildman–Crippen LogP) is 0.665.